The van der Waals surface area contributed by atoms with Crippen molar-refractivity contribution in [1.82, 2.24) is 9.88 Å². The Bertz CT molecular complexity index is 941. The molecule has 1 fully saturated rings. The number of nitrogens with one attached hydrogen (secondary N) is 1. The number of para-hydroxylation sites is 1. The minimum atomic E-state index is -0.116. The maximum atomic E-state index is 13.2. The third-order valence-electron chi connectivity index (χ3n) is 5.33. The van der Waals surface area contributed by atoms with Crippen molar-refractivity contribution in [2.45, 2.75) is 31.9 Å². The van der Waals surface area contributed by atoms with E-state index >= 15 is 0 Å². The molecule has 1 aliphatic rings. The minimum Gasteiger partial charge on any atom is -0.376 e. The number of urea groups is 1. The second-order valence-corrected chi connectivity index (χ2v) is 7.63. The van der Waals surface area contributed by atoms with Crippen molar-refractivity contribution in [3.8, 4) is 0 Å². The average Bonchev–Trinajstić information content (AvgIpc) is 3.29. The van der Waals surface area contributed by atoms with Gasteiger partial charge in [-0.25, -0.2) is 4.79 Å². The molecule has 0 radical (unpaired) electrons. The molecule has 3 aromatic rings. The van der Waals surface area contributed by atoms with Crippen molar-refractivity contribution < 1.29 is 9.53 Å². The van der Waals surface area contributed by atoms with Gasteiger partial charge in [0.2, 0.25) is 0 Å². The predicted octanol–water partition coefficient (Wildman–Crippen LogP) is 4.89. The highest BCUT2D eigenvalue weighted by Crippen LogP contribution is 2.21. The summed E-state index contributed by atoms with van der Waals surface area (Å²) in [5.74, 6) is 0. The van der Waals surface area contributed by atoms with Crippen LogP contribution in [0.2, 0.25) is 0 Å². The average molecular weight is 402 g/mol. The normalized spacial score (nSPS) is 15.7. The van der Waals surface area contributed by atoms with Crippen LogP contribution in [0.1, 0.15) is 29.5 Å². The molecule has 0 aliphatic carbocycles. The molecular weight excluding hydrogens is 374 g/mol. The molecule has 0 spiro atoms. The minimum absolute atomic E-state index is 0.0898. The molecule has 154 valence electrons. The van der Waals surface area contributed by atoms with Crippen molar-refractivity contribution >= 4 is 11.7 Å². The van der Waals surface area contributed by atoms with Gasteiger partial charge in [0.05, 0.1) is 6.10 Å². The number of carbonyl (C=O) groups excluding carboxylic acids is 1. The molecule has 1 saturated heterocycles. The summed E-state index contributed by atoms with van der Waals surface area (Å²) in [6, 6.07) is 22.0. The number of rotatable bonds is 7. The molecule has 30 heavy (non-hydrogen) atoms. The SMILES string of the molecule is O=C(Nc1ccccc1Cc1ccccc1)N(Cc1cccnc1)CC1CCCO1. The van der Waals surface area contributed by atoms with Gasteiger partial charge in [-0.2, -0.15) is 0 Å². The van der Waals surface area contributed by atoms with Crippen molar-refractivity contribution in [2.75, 3.05) is 18.5 Å². The van der Waals surface area contributed by atoms with E-state index < -0.39 is 0 Å². The van der Waals surface area contributed by atoms with Crippen LogP contribution in [0, 0.1) is 0 Å². The van der Waals surface area contributed by atoms with E-state index in [1.165, 1.54) is 5.56 Å². The summed E-state index contributed by atoms with van der Waals surface area (Å²) >= 11 is 0. The van der Waals surface area contributed by atoms with E-state index in [-0.39, 0.29) is 12.1 Å². The first-order valence-electron chi connectivity index (χ1n) is 10.5. The van der Waals surface area contributed by atoms with Gasteiger partial charge in [0, 0.05) is 37.8 Å². The number of nitrogens with zero attached hydrogens (tertiary/aromatic N) is 2. The molecule has 1 aliphatic heterocycles. The van der Waals surface area contributed by atoms with Gasteiger partial charge in [-0.05, 0) is 48.1 Å². The summed E-state index contributed by atoms with van der Waals surface area (Å²) in [5.41, 5.74) is 4.15. The van der Waals surface area contributed by atoms with Crippen LogP contribution in [-0.2, 0) is 17.7 Å². The Balaban J connectivity index is 1.50. The first kappa shape index (κ1) is 20.1. The Labute approximate surface area is 177 Å². The number of aromatic nitrogens is 1. The fourth-order valence-electron chi connectivity index (χ4n) is 3.77. The van der Waals surface area contributed by atoms with E-state index in [0.717, 1.165) is 42.7 Å². The highest BCUT2D eigenvalue weighted by atomic mass is 16.5. The predicted molar refractivity (Wildman–Crippen MR) is 118 cm³/mol. The molecule has 1 aromatic heterocycles. The second-order valence-electron chi connectivity index (χ2n) is 7.63. The van der Waals surface area contributed by atoms with Crippen molar-refractivity contribution in [1.29, 1.82) is 0 Å². The van der Waals surface area contributed by atoms with Crippen LogP contribution in [0.5, 0.6) is 0 Å². The smallest absolute Gasteiger partial charge is 0.322 e. The van der Waals surface area contributed by atoms with E-state index in [4.69, 9.17) is 4.74 Å². The Morgan fingerprint density at radius 2 is 1.83 bits per heavy atom. The van der Waals surface area contributed by atoms with Crippen LogP contribution in [0.25, 0.3) is 0 Å². The topological polar surface area (TPSA) is 54.5 Å². The lowest BCUT2D eigenvalue weighted by molar-refractivity contribution is 0.0819. The third kappa shape index (κ3) is 5.45. The molecule has 1 atom stereocenters. The molecule has 4 rings (SSSR count). The summed E-state index contributed by atoms with van der Waals surface area (Å²) in [5, 5.41) is 3.14. The lowest BCUT2D eigenvalue weighted by atomic mass is 10.0. The Kier molecular flexibility index (Phi) is 6.72. The van der Waals surface area contributed by atoms with Crippen LogP contribution >= 0.6 is 0 Å². The summed E-state index contributed by atoms with van der Waals surface area (Å²) < 4.78 is 5.79. The van der Waals surface area contributed by atoms with Crippen LogP contribution in [0.15, 0.2) is 79.1 Å². The maximum absolute atomic E-state index is 13.2. The first-order valence-corrected chi connectivity index (χ1v) is 10.5. The van der Waals surface area contributed by atoms with Gasteiger partial charge < -0.3 is 15.0 Å². The van der Waals surface area contributed by atoms with Gasteiger partial charge in [-0.1, -0.05) is 54.6 Å². The zero-order chi connectivity index (χ0) is 20.6. The molecule has 2 aromatic carbocycles. The van der Waals surface area contributed by atoms with Crippen molar-refractivity contribution in [3.63, 3.8) is 0 Å². The van der Waals surface area contributed by atoms with Crippen LogP contribution in [0.3, 0.4) is 0 Å². The van der Waals surface area contributed by atoms with E-state index in [2.05, 4.69) is 28.5 Å². The zero-order valence-corrected chi connectivity index (χ0v) is 17.0. The number of pyridine rings is 1. The summed E-state index contributed by atoms with van der Waals surface area (Å²) in [6.45, 7) is 1.84. The fraction of sp³-hybridized carbons (Fsp3) is 0.280. The van der Waals surface area contributed by atoms with Gasteiger partial charge in [-0.3, -0.25) is 4.98 Å². The number of hydrogen-bond donors (Lipinski definition) is 1. The molecular formula is C25H27N3O2. The summed E-state index contributed by atoms with van der Waals surface area (Å²) in [6.07, 6.45) is 6.44. The molecule has 0 saturated carbocycles. The zero-order valence-electron chi connectivity index (χ0n) is 17.0. The third-order valence-corrected chi connectivity index (χ3v) is 5.33. The molecule has 2 heterocycles. The number of hydrogen-bond acceptors (Lipinski definition) is 3. The number of amides is 2. The van der Waals surface area contributed by atoms with Gasteiger partial charge in [0.15, 0.2) is 0 Å². The first-order chi connectivity index (χ1) is 14.8. The molecule has 5 heteroatoms. The maximum Gasteiger partial charge on any atom is 0.322 e. The number of ether oxygens (including phenoxy) is 1. The monoisotopic (exact) mass is 401 g/mol. The highest BCUT2D eigenvalue weighted by Gasteiger charge is 2.23. The molecule has 2 amide bonds. The Morgan fingerprint density at radius 1 is 1.03 bits per heavy atom. The molecule has 0 bridgehead atoms. The van der Waals surface area contributed by atoms with E-state index in [0.29, 0.717) is 13.1 Å². The Hall–Kier alpha value is -3.18. The molecule has 1 N–H and O–H groups in total. The molecule has 5 nitrogen and oxygen atoms in total. The largest absolute Gasteiger partial charge is 0.376 e. The summed E-state index contributed by atoms with van der Waals surface area (Å²) in [4.78, 5) is 19.3. The van der Waals surface area contributed by atoms with Crippen molar-refractivity contribution in [3.05, 3.63) is 95.8 Å². The second kappa shape index (κ2) is 10.0. The van der Waals surface area contributed by atoms with Gasteiger partial charge in [0.1, 0.15) is 0 Å². The highest BCUT2D eigenvalue weighted by molar-refractivity contribution is 5.90. The van der Waals surface area contributed by atoms with Crippen LogP contribution in [0.4, 0.5) is 10.5 Å². The fourth-order valence-corrected chi connectivity index (χ4v) is 3.77. The van der Waals surface area contributed by atoms with Gasteiger partial charge in [-0.15, -0.1) is 0 Å². The molecule has 1 unspecified atom stereocenters. The number of benzene rings is 2. The standard InChI is InChI=1S/C25H27N3O2/c29-25(27-24-13-5-4-11-22(24)16-20-8-2-1-3-9-20)28(19-23-12-7-15-30-23)18-21-10-6-14-26-17-21/h1-6,8-11,13-14,17,23H,7,12,15-16,18-19H2,(H,27,29). The number of carbonyl (C=O) groups is 1. The lowest BCUT2D eigenvalue weighted by Gasteiger charge is -2.26. The van der Waals surface area contributed by atoms with E-state index in [1.54, 1.807) is 12.4 Å². The van der Waals surface area contributed by atoms with E-state index in [1.807, 2.05) is 53.4 Å². The number of anilines is 1. The lowest BCUT2D eigenvalue weighted by Crippen LogP contribution is -2.39. The quantitative estimate of drug-likeness (QED) is 0.614. The van der Waals surface area contributed by atoms with Gasteiger partial charge >= 0.3 is 6.03 Å². The summed E-state index contributed by atoms with van der Waals surface area (Å²) in [7, 11) is 0. The van der Waals surface area contributed by atoms with E-state index in [9.17, 15) is 4.79 Å². The van der Waals surface area contributed by atoms with Crippen LogP contribution in [-0.4, -0.2) is 35.2 Å². The van der Waals surface area contributed by atoms with Crippen molar-refractivity contribution in [2.24, 2.45) is 0 Å². The van der Waals surface area contributed by atoms with Crippen LogP contribution < -0.4 is 5.32 Å². The Morgan fingerprint density at radius 3 is 2.60 bits per heavy atom. The van der Waals surface area contributed by atoms with Gasteiger partial charge in [0.25, 0.3) is 0 Å².